The van der Waals surface area contributed by atoms with Crippen LogP contribution in [-0.2, 0) is 10.4 Å². The SMILES string of the molecule is Cc1ccc(C(O)(CC(=O)NCC2CC2)C(F)(F)F)o1. The molecule has 1 fully saturated rings. The Kier molecular flexibility index (Phi) is 3.82. The minimum absolute atomic E-state index is 0.237. The van der Waals surface area contributed by atoms with Crippen molar-refractivity contribution < 1.29 is 27.5 Å². The van der Waals surface area contributed by atoms with E-state index in [1.807, 2.05) is 0 Å². The normalized spacial score (nSPS) is 18.6. The number of carbonyl (C=O) groups excluding carboxylic acids is 1. The summed E-state index contributed by atoms with van der Waals surface area (Å²) in [5.41, 5.74) is -3.30. The largest absolute Gasteiger partial charge is 0.463 e. The molecule has 7 heteroatoms. The Balaban J connectivity index is 2.12. The lowest BCUT2D eigenvalue weighted by atomic mass is 9.95. The number of rotatable bonds is 5. The fourth-order valence-corrected chi connectivity index (χ4v) is 1.86. The first-order chi connectivity index (χ1) is 9.22. The summed E-state index contributed by atoms with van der Waals surface area (Å²) >= 11 is 0. The van der Waals surface area contributed by atoms with Crippen molar-refractivity contribution in [3.63, 3.8) is 0 Å². The summed E-state index contributed by atoms with van der Waals surface area (Å²) in [6.45, 7) is 1.82. The van der Waals surface area contributed by atoms with E-state index in [1.54, 1.807) is 0 Å². The Morgan fingerprint density at radius 2 is 2.10 bits per heavy atom. The molecular weight excluding hydrogens is 275 g/mol. The number of aliphatic hydroxyl groups is 1. The Morgan fingerprint density at radius 3 is 2.55 bits per heavy atom. The van der Waals surface area contributed by atoms with Crippen LogP contribution in [-0.4, -0.2) is 23.7 Å². The predicted octanol–water partition coefficient (Wildman–Crippen LogP) is 2.25. The third-order valence-electron chi connectivity index (χ3n) is 3.32. The number of hydrogen-bond acceptors (Lipinski definition) is 3. The summed E-state index contributed by atoms with van der Waals surface area (Å²) in [7, 11) is 0. The lowest BCUT2D eigenvalue weighted by Gasteiger charge is -2.27. The molecule has 2 N–H and O–H groups in total. The second-order valence-electron chi connectivity index (χ2n) is 5.19. The molecule has 4 nitrogen and oxygen atoms in total. The van der Waals surface area contributed by atoms with Crippen molar-refractivity contribution in [3.8, 4) is 0 Å². The van der Waals surface area contributed by atoms with E-state index in [4.69, 9.17) is 4.42 Å². The van der Waals surface area contributed by atoms with Gasteiger partial charge in [-0.2, -0.15) is 13.2 Å². The van der Waals surface area contributed by atoms with Gasteiger partial charge in [0.15, 0.2) is 0 Å². The van der Waals surface area contributed by atoms with Crippen molar-refractivity contribution in [2.45, 2.75) is 38.0 Å². The van der Waals surface area contributed by atoms with Crippen LogP contribution in [0.5, 0.6) is 0 Å². The number of alkyl halides is 3. The lowest BCUT2D eigenvalue weighted by Crippen LogP contribution is -2.46. The molecule has 1 aliphatic carbocycles. The molecule has 0 radical (unpaired) electrons. The van der Waals surface area contributed by atoms with Crippen LogP contribution in [0.15, 0.2) is 16.5 Å². The Labute approximate surface area is 114 Å². The molecule has 0 saturated heterocycles. The molecule has 1 heterocycles. The fraction of sp³-hybridized carbons (Fsp3) is 0.615. The molecule has 0 spiro atoms. The molecule has 1 atom stereocenters. The van der Waals surface area contributed by atoms with E-state index in [2.05, 4.69) is 5.32 Å². The maximum absolute atomic E-state index is 13.1. The van der Waals surface area contributed by atoms with Gasteiger partial charge in [-0.1, -0.05) is 0 Å². The highest BCUT2D eigenvalue weighted by Crippen LogP contribution is 2.42. The molecule has 112 valence electrons. The first-order valence-corrected chi connectivity index (χ1v) is 6.35. The van der Waals surface area contributed by atoms with Crippen molar-refractivity contribution >= 4 is 5.91 Å². The van der Waals surface area contributed by atoms with Gasteiger partial charge < -0.3 is 14.8 Å². The van der Waals surface area contributed by atoms with E-state index in [9.17, 15) is 23.1 Å². The second kappa shape index (κ2) is 5.12. The van der Waals surface area contributed by atoms with Crippen LogP contribution in [0, 0.1) is 12.8 Å². The average molecular weight is 291 g/mol. The summed E-state index contributed by atoms with van der Waals surface area (Å²) in [5, 5.41) is 12.3. The van der Waals surface area contributed by atoms with Gasteiger partial charge in [0.05, 0.1) is 6.42 Å². The molecule has 1 saturated carbocycles. The van der Waals surface area contributed by atoms with Gasteiger partial charge in [-0.25, -0.2) is 0 Å². The van der Waals surface area contributed by atoms with Crippen molar-refractivity contribution in [2.75, 3.05) is 6.54 Å². The maximum atomic E-state index is 13.1. The smallest absolute Gasteiger partial charge is 0.425 e. The van der Waals surface area contributed by atoms with Gasteiger partial charge in [-0.3, -0.25) is 4.79 Å². The average Bonchev–Trinajstić information content (AvgIpc) is 3.06. The molecule has 1 aliphatic rings. The summed E-state index contributed by atoms with van der Waals surface area (Å²) in [5.74, 6) is -0.917. The van der Waals surface area contributed by atoms with Gasteiger partial charge in [0.25, 0.3) is 0 Å². The number of hydrogen-bond donors (Lipinski definition) is 2. The quantitative estimate of drug-likeness (QED) is 0.874. The van der Waals surface area contributed by atoms with Crippen molar-refractivity contribution in [1.82, 2.24) is 5.32 Å². The van der Waals surface area contributed by atoms with Crippen molar-refractivity contribution in [2.24, 2.45) is 5.92 Å². The van der Waals surface area contributed by atoms with Crippen LogP contribution in [0.3, 0.4) is 0 Å². The molecule has 1 amide bonds. The minimum Gasteiger partial charge on any atom is -0.463 e. The number of nitrogens with one attached hydrogen (secondary N) is 1. The lowest BCUT2D eigenvalue weighted by molar-refractivity contribution is -0.273. The Hall–Kier alpha value is -1.50. The summed E-state index contributed by atoms with van der Waals surface area (Å²) in [6, 6.07) is 2.35. The Bertz CT molecular complexity index is 493. The van der Waals surface area contributed by atoms with Crippen molar-refractivity contribution in [1.29, 1.82) is 0 Å². The third-order valence-corrected chi connectivity index (χ3v) is 3.32. The van der Waals surface area contributed by atoms with E-state index < -0.39 is 29.9 Å². The maximum Gasteiger partial charge on any atom is 0.425 e. The summed E-state index contributed by atoms with van der Waals surface area (Å²) in [6.07, 6.45) is -4.15. The van der Waals surface area contributed by atoms with Gasteiger partial charge >= 0.3 is 6.18 Å². The number of furan rings is 1. The van der Waals surface area contributed by atoms with Crippen LogP contribution >= 0.6 is 0 Å². The van der Waals surface area contributed by atoms with Crippen LogP contribution < -0.4 is 5.32 Å². The van der Waals surface area contributed by atoms with Gasteiger partial charge in [-0.15, -0.1) is 0 Å². The van der Waals surface area contributed by atoms with Crippen LogP contribution in [0.4, 0.5) is 13.2 Å². The van der Waals surface area contributed by atoms with E-state index in [-0.39, 0.29) is 5.76 Å². The highest BCUT2D eigenvalue weighted by atomic mass is 19.4. The number of amides is 1. The molecule has 0 aliphatic heterocycles. The van der Waals surface area contributed by atoms with E-state index in [1.165, 1.54) is 13.0 Å². The number of carbonyl (C=O) groups is 1. The van der Waals surface area contributed by atoms with Gasteiger partial charge in [-0.05, 0) is 37.8 Å². The molecular formula is C13H16F3NO3. The molecule has 1 aromatic heterocycles. The Morgan fingerprint density at radius 1 is 1.45 bits per heavy atom. The molecule has 0 aromatic carbocycles. The zero-order valence-electron chi connectivity index (χ0n) is 11.0. The van der Waals surface area contributed by atoms with Crippen molar-refractivity contribution in [3.05, 3.63) is 23.7 Å². The highest BCUT2D eigenvalue weighted by Gasteiger charge is 2.58. The van der Waals surface area contributed by atoms with E-state index in [0.717, 1.165) is 18.9 Å². The number of halogens is 3. The first-order valence-electron chi connectivity index (χ1n) is 6.35. The molecule has 1 aromatic rings. The standard InChI is InChI=1S/C13H16F3NO3/c1-8-2-5-10(20-8)12(19,13(14,15)16)6-11(18)17-7-9-3-4-9/h2,5,9,19H,3-4,6-7H2,1H3,(H,17,18). The zero-order valence-corrected chi connectivity index (χ0v) is 11.0. The summed E-state index contributed by atoms with van der Waals surface area (Å²) < 4.78 is 44.1. The molecule has 0 bridgehead atoms. The zero-order chi connectivity index (χ0) is 15.0. The molecule has 20 heavy (non-hydrogen) atoms. The van der Waals surface area contributed by atoms with E-state index >= 15 is 0 Å². The molecule has 2 rings (SSSR count). The van der Waals surface area contributed by atoms with Gasteiger partial charge in [0.1, 0.15) is 11.5 Å². The van der Waals surface area contributed by atoms with Crippen LogP contribution in [0.25, 0.3) is 0 Å². The van der Waals surface area contributed by atoms with E-state index in [0.29, 0.717) is 12.5 Å². The fourth-order valence-electron chi connectivity index (χ4n) is 1.86. The van der Waals surface area contributed by atoms with Gasteiger partial charge in [0, 0.05) is 6.54 Å². The predicted molar refractivity (Wildman–Crippen MR) is 63.7 cm³/mol. The second-order valence-corrected chi connectivity index (χ2v) is 5.19. The summed E-state index contributed by atoms with van der Waals surface area (Å²) in [4.78, 5) is 11.6. The minimum atomic E-state index is -4.99. The van der Waals surface area contributed by atoms with Gasteiger partial charge in [0.2, 0.25) is 11.5 Å². The molecule has 1 unspecified atom stereocenters. The number of aryl methyl sites for hydroxylation is 1. The third kappa shape index (κ3) is 3.15. The van der Waals surface area contributed by atoms with Crippen LogP contribution in [0.2, 0.25) is 0 Å². The monoisotopic (exact) mass is 291 g/mol. The topological polar surface area (TPSA) is 62.5 Å². The highest BCUT2D eigenvalue weighted by molar-refractivity contribution is 5.77. The van der Waals surface area contributed by atoms with Crippen LogP contribution in [0.1, 0.15) is 30.8 Å². The first kappa shape index (κ1) is 14.9.